The van der Waals surface area contributed by atoms with Crippen LogP contribution < -0.4 is 0 Å². The SMILES string of the molecule is C=C1CCCC2C(CCC3C(C)CCC[C@]32C)C1. The van der Waals surface area contributed by atoms with Crippen LogP contribution in [0, 0.1) is 29.1 Å². The highest BCUT2D eigenvalue weighted by molar-refractivity contribution is 5.06. The Morgan fingerprint density at radius 2 is 1.89 bits per heavy atom. The lowest BCUT2D eigenvalue weighted by atomic mass is 9.49. The summed E-state index contributed by atoms with van der Waals surface area (Å²) in [6.07, 6.45) is 13.0. The molecule has 0 spiro atoms. The Balaban J connectivity index is 1.87. The summed E-state index contributed by atoms with van der Waals surface area (Å²) in [4.78, 5) is 0. The Labute approximate surface area is 113 Å². The lowest BCUT2D eigenvalue weighted by Crippen LogP contribution is -2.47. The van der Waals surface area contributed by atoms with Crippen molar-refractivity contribution in [2.45, 2.75) is 71.6 Å². The first-order valence-corrected chi connectivity index (χ1v) is 8.28. The van der Waals surface area contributed by atoms with Gasteiger partial charge in [0, 0.05) is 0 Å². The zero-order chi connectivity index (χ0) is 12.8. The molecule has 3 rings (SSSR count). The fourth-order valence-electron chi connectivity index (χ4n) is 5.90. The Morgan fingerprint density at radius 1 is 1.06 bits per heavy atom. The molecule has 3 aliphatic carbocycles. The molecule has 0 radical (unpaired) electrons. The molecule has 3 aliphatic rings. The van der Waals surface area contributed by atoms with E-state index in [9.17, 15) is 0 Å². The molecule has 0 heterocycles. The van der Waals surface area contributed by atoms with Crippen molar-refractivity contribution in [2.24, 2.45) is 29.1 Å². The number of rotatable bonds is 0. The average Bonchev–Trinajstić information content (AvgIpc) is 2.50. The second kappa shape index (κ2) is 4.69. The zero-order valence-corrected chi connectivity index (χ0v) is 12.4. The first-order chi connectivity index (χ1) is 8.61. The van der Waals surface area contributed by atoms with Gasteiger partial charge in [-0.15, -0.1) is 0 Å². The van der Waals surface area contributed by atoms with E-state index < -0.39 is 0 Å². The predicted molar refractivity (Wildman–Crippen MR) is 78.4 cm³/mol. The lowest BCUT2D eigenvalue weighted by molar-refractivity contribution is -0.0620. The molecular formula is C18H30. The second-order valence-electron chi connectivity index (χ2n) is 7.77. The number of allylic oxidation sites excluding steroid dienone is 1. The fourth-order valence-corrected chi connectivity index (χ4v) is 5.90. The van der Waals surface area contributed by atoms with Crippen molar-refractivity contribution >= 4 is 0 Å². The predicted octanol–water partition coefficient (Wildman–Crippen LogP) is 5.59. The molecule has 0 amide bonds. The van der Waals surface area contributed by atoms with Gasteiger partial charge in [0.2, 0.25) is 0 Å². The van der Waals surface area contributed by atoms with Crippen molar-refractivity contribution in [3.63, 3.8) is 0 Å². The zero-order valence-electron chi connectivity index (χ0n) is 12.4. The summed E-state index contributed by atoms with van der Waals surface area (Å²) in [5.41, 5.74) is 2.22. The molecule has 0 saturated heterocycles. The third-order valence-corrected chi connectivity index (χ3v) is 6.77. The molecule has 3 saturated carbocycles. The van der Waals surface area contributed by atoms with Crippen molar-refractivity contribution in [1.29, 1.82) is 0 Å². The van der Waals surface area contributed by atoms with E-state index >= 15 is 0 Å². The van der Waals surface area contributed by atoms with Crippen LogP contribution in [-0.2, 0) is 0 Å². The maximum Gasteiger partial charge on any atom is -0.0264 e. The van der Waals surface area contributed by atoms with Gasteiger partial charge in [-0.25, -0.2) is 0 Å². The normalized spacial score (nSPS) is 49.1. The number of hydrogen-bond donors (Lipinski definition) is 0. The molecule has 0 aliphatic heterocycles. The highest BCUT2D eigenvalue weighted by atomic mass is 14.6. The Kier molecular flexibility index (Phi) is 3.32. The first kappa shape index (κ1) is 12.8. The van der Waals surface area contributed by atoms with E-state index in [0.717, 1.165) is 23.7 Å². The molecular weight excluding hydrogens is 216 g/mol. The van der Waals surface area contributed by atoms with Crippen LogP contribution in [0.2, 0.25) is 0 Å². The molecule has 4 unspecified atom stereocenters. The fraction of sp³-hybridized carbons (Fsp3) is 0.889. The van der Waals surface area contributed by atoms with Gasteiger partial charge < -0.3 is 0 Å². The van der Waals surface area contributed by atoms with Gasteiger partial charge in [-0.3, -0.25) is 0 Å². The van der Waals surface area contributed by atoms with Gasteiger partial charge in [0.05, 0.1) is 0 Å². The summed E-state index contributed by atoms with van der Waals surface area (Å²) in [5.74, 6) is 4.00. The average molecular weight is 246 g/mol. The highest BCUT2D eigenvalue weighted by Gasteiger charge is 2.50. The van der Waals surface area contributed by atoms with Gasteiger partial charge >= 0.3 is 0 Å². The molecule has 0 heteroatoms. The molecule has 5 atom stereocenters. The molecule has 0 N–H and O–H groups in total. The van der Waals surface area contributed by atoms with Crippen LogP contribution in [0.4, 0.5) is 0 Å². The Bertz CT molecular complexity index is 329. The van der Waals surface area contributed by atoms with Gasteiger partial charge in [0.15, 0.2) is 0 Å². The summed E-state index contributed by atoms with van der Waals surface area (Å²) >= 11 is 0. The van der Waals surface area contributed by atoms with Crippen LogP contribution in [0.1, 0.15) is 71.6 Å². The van der Waals surface area contributed by atoms with Crippen LogP contribution >= 0.6 is 0 Å². The topological polar surface area (TPSA) is 0 Å². The standard InChI is InChI=1S/C18H30/c1-13-6-4-8-17-15(12-13)9-10-16-14(2)7-5-11-18(16,17)3/h14-17H,1,4-12H2,2-3H3/t14?,15?,16?,17?,18-/m1/s1. The number of fused-ring (bicyclic) bond motifs is 3. The van der Waals surface area contributed by atoms with Gasteiger partial charge in [0.1, 0.15) is 0 Å². The van der Waals surface area contributed by atoms with Gasteiger partial charge in [0.25, 0.3) is 0 Å². The Morgan fingerprint density at radius 3 is 2.72 bits per heavy atom. The molecule has 18 heavy (non-hydrogen) atoms. The lowest BCUT2D eigenvalue weighted by Gasteiger charge is -2.56. The molecule has 102 valence electrons. The van der Waals surface area contributed by atoms with E-state index in [-0.39, 0.29) is 0 Å². The van der Waals surface area contributed by atoms with Gasteiger partial charge in [-0.2, -0.15) is 0 Å². The monoisotopic (exact) mass is 246 g/mol. The molecule has 0 aromatic rings. The van der Waals surface area contributed by atoms with E-state index in [1.54, 1.807) is 5.57 Å². The molecule has 0 nitrogen and oxygen atoms in total. The quantitative estimate of drug-likeness (QED) is 0.489. The van der Waals surface area contributed by atoms with Crippen molar-refractivity contribution in [3.05, 3.63) is 12.2 Å². The van der Waals surface area contributed by atoms with Crippen LogP contribution in [0.5, 0.6) is 0 Å². The molecule has 0 bridgehead atoms. The molecule has 0 aromatic carbocycles. The molecule has 3 fully saturated rings. The van der Waals surface area contributed by atoms with E-state index in [2.05, 4.69) is 20.4 Å². The minimum absolute atomic E-state index is 0.672. The number of hydrogen-bond acceptors (Lipinski definition) is 0. The maximum atomic E-state index is 4.31. The van der Waals surface area contributed by atoms with E-state index in [1.165, 1.54) is 57.8 Å². The van der Waals surface area contributed by atoms with Crippen molar-refractivity contribution in [3.8, 4) is 0 Å². The van der Waals surface area contributed by atoms with E-state index in [0.29, 0.717) is 5.41 Å². The van der Waals surface area contributed by atoms with Gasteiger partial charge in [-0.1, -0.05) is 38.8 Å². The maximum absolute atomic E-state index is 4.31. The summed E-state index contributed by atoms with van der Waals surface area (Å²) in [5, 5.41) is 0. The van der Waals surface area contributed by atoms with Crippen LogP contribution in [0.15, 0.2) is 12.2 Å². The van der Waals surface area contributed by atoms with Crippen molar-refractivity contribution in [2.75, 3.05) is 0 Å². The first-order valence-electron chi connectivity index (χ1n) is 8.28. The summed E-state index contributed by atoms with van der Waals surface area (Å²) < 4.78 is 0. The highest BCUT2D eigenvalue weighted by Crippen LogP contribution is 2.60. The summed E-state index contributed by atoms with van der Waals surface area (Å²) in [6.45, 7) is 9.48. The largest absolute Gasteiger partial charge is 0.0999 e. The van der Waals surface area contributed by atoms with Crippen LogP contribution in [0.25, 0.3) is 0 Å². The minimum atomic E-state index is 0.672. The van der Waals surface area contributed by atoms with E-state index in [4.69, 9.17) is 0 Å². The second-order valence-corrected chi connectivity index (χ2v) is 7.77. The van der Waals surface area contributed by atoms with Crippen LogP contribution in [-0.4, -0.2) is 0 Å². The third-order valence-electron chi connectivity index (χ3n) is 6.77. The van der Waals surface area contributed by atoms with Crippen molar-refractivity contribution in [1.82, 2.24) is 0 Å². The Hall–Kier alpha value is -0.260. The molecule has 0 aromatic heterocycles. The summed E-state index contributed by atoms with van der Waals surface area (Å²) in [7, 11) is 0. The smallest absolute Gasteiger partial charge is 0.0264 e. The van der Waals surface area contributed by atoms with Crippen LogP contribution in [0.3, 0.4) is 0 Å². The van der Waals surface area contributed by atoms with E-state index in [1.807, 2.05) is 0 Å². The third kappa shape index (κ3) is 1.96. The van der Waals surface area contributed by atoms with Gasteiger partial charge in [-0.05, 0) is 74.0 Å². The minimum Gasteiger partial charge on any atom is -0.0999 e. The summed E-state index contributed by atoms with van der Waals surface area (Å²) in [6, 6.07) is 0. The van der Waals surface area contributed by atoms with Crippen molar-refractivity contribution < 1.29 is 0 Å².